The zero-order valence-corrected chi connectivity index (χ0v) is 11.8. The maximum absolute atomic E-state index is 5.42. The molecule has 0 radical (unpaired) electrons. The smallest absolute Gasteiger partial charge is 0.134 e. The normalized spacial score (nSPS) is 12.6. The Morgan fingerprint density at radius 3 is 3.00 bits per heavy atom. The number of hydrogen-bond acceptors (Lipinski definition) is 4. The van der Waals surface area contributed by atoms with Crippen molar-refractivity contribution in [3.63, 3.8) is 0 Å². The van der Waals surface area contributed by atoms with E-state index < -0.39 is 0 Å². The lowest BCUT2D eigenvalue weighted by Gasteiger charge is -2.17. The van der Waals surface area contributed by atoms with Gasteiger partial charge in [0.15, 0.2) is 0 Å². The van der Waals surface area contributed by atoms with Gasteiger partial charge in [-0.05, 0) is 24.4 Å². The van der Waals surface area contributed by atoms with Gasteiger partial charge >= 0.3 is 0 Å². The van der Waals surface area contributed by atoms with Crippen molar-refractivity contribution < 1.29 is 4.74 Å². The Bertz CT molecular complexity index is 492. The first-order valence-corrected chi connectivity index (χ1v) is 6.97. The summed E-state index contributed by atoms with van der Waals surface area (Å²) < 4.78 is 7.25. The lowest BCUT2D eigenvalue weighted by Crippen LogP contribution is -2.22. The Morgan fingerprint density at radius 1 is 1.56 bits per heavy atom. The SMILES string of the molecule is CCCNC(c1cnn(C)c1)c1sccc1OC. The minimum atomic E-state index is 0.161. The third kappa shape index (κ3) is 2.73. The molecule has 0 saturated carbocycles. The van der Waals surface area contributed by atoms with Crippen LogP contribution in [0.25, 0.3) is 0 Å². The lowest BCUT2D eigenvalue weighted by atomic mass is 10.1. The molecule has 2 aromatic heterocycles. The van der Waals surface area contributed by atoms with E-state index in [1.54, 1.807) is 18.4 Å². The van der Waals surface area contributed by atoms with E-state index >= 15 is 0 Å². The number of ether oxygens (including phenoxy) is 1. The summed E-state index contributed by atoms with van der Waals surface area (Å²) in [6, 6.07) is 2.17. The number of aromatic nitrogens is 2. The van der Waals surface area contributed by atoms with E-state index in [-0.39, 0.29) is 6.04 Å². The summed E-state index contributed by atoms with van der Waals surface area (Å²) in [6.45, 7) is 3.14. The standard InChI is InChI=1S/C13H19N3OS/c1-4-6-14-12(10-8-15-16(2)9-10)13-11(17-3)5-7-18-13/h5,7-9,12,14H,4,6H2,1-3H3. The molecule has 0 aliphatic carbocycles. The highest BCUT2D eigenvalue weighted by Crippen LogP contribution is 2.34. The highest BCUT2D eigenvalue weighted by atomic mass is 32.1. The zero-order chi connectivity index (χ0) is 13.0. The molecule has 0 saturated heterocycles. The minimum absolute atomic E-state index is 0.161. The molecule has 2 rings (SSSR count). The van der Waals surface area contributed by atoms with E-state index in [9.17, 15) is 0 Å². The Hall–Kier alpha value is -1.33. The summed E-state index contributed by atoms with van der Waals surface area (Å²) in [7, 11) is 3.65. The van der Waals surface area contributed by atoms with Crippen molar-refractivity contribution in [2.75, 3.05) is 13.7 Å². The quantitative estimate of drug-likeness (QED) is 0.872. The van der Waals surface area contributed by atoms with Crippen LogP contribution >= 0.6 is 11.3 Å². The molecular weight excluding hydrogens is 246 g/mol. The first-order chi connectivity index (χ1) is 8.76. The number of hydrogen-bond donors (Lipinski definition) is 1. The Balaban J connectivity index is 2.30. The molecule has 0 spiro atoms. The number of methoxy groups -OCH3 is 1. The van der Waals surface area contributed by atoms with Gasteiger partial charge < -0.3 is 10.1 Å². The zero-order valence-electron chi connectivity index (χ0n) is 11.0. The molecule has 18 heavy (non-hydrogen) atoms. The van der Waals surface area contributed by atoms with E-state index in [0.717, 1.165) is 18.7 Å². The maximum atomic E-state index is 5.42. The molecule has 0 fully saturated rings. The fourth-order valence-electron chi connectivity index (χ4n) is 1.93. The third-order valence-electron chi connectivity index (χ3n) is 2.80. The van der Waals surface area contributed by atoms with Crippen molar-refractivity contribution in [3.05, 3.63) is 34.3 Å². The Morgan fingerprint density at radius 2 is 2.39 bits per heavy atom. The fraction of sp³-hybridized carbons (Fsp3) is 0.462. The van der Waals surface area contributed by atoms with E-state index in [0.29, 0.717) is 0 Å². The van der Waals surface area contributed by atoms with Gasteiger partial charge in [-0.25, -0.2) is 0 Å². The van der Waals surface area contributed by atoms with Gasteiger partial charge in [0.25, 0.3) is 0 Å². The second kappa shape index (κ2) is 6.02. The van der Waals surface area contributed by atoms with Crippen LogP contribution in [-0.4, -0.2) is 23.4 Å². The second-order valence-corrected chi connectivity index (χ2v) is 5.14. The van der Waals surface area contributed by atoms with Crippen molar-refractivity contribution in [1.82, 2.24) is 15.1 Å². The van der Waals surface area contributed by atoms with Crippen LogP contribution < -0.4 is 10.1 Å². The average Bonchev–Trinajstić information content (AvgIpc) is 2.99. The molecule has 0 aliphatic rings. The molecule has 1 unspecified atom stereocenters. The second-order valence-electron chi connectivity index (χ2n) is 4.19. The number of nitrogens with zero attached hydrogens (tertiary/aromatic N) is 2. The summed E-state index contributed by atoms with van der Waals surface area (Å²) in [6.07, 6.45) is 5.06. The fourth-order valence-corrected chi connectivity index (χ4v) is 2.89. The van der Waals surface area contributed by atoms with Crippen molar-refractivity contribution in [2.45, 2.75) is 19.4 Å². The van der Waals surface area contributed by atoms with Gasteiger partial charge in [-0.15, -0.1) is 11.3 Å². The van der Waals surface area contributed by atoms with Gasteiger partial charge in [0.1, 0.15) is 5.75 Å². The summed E-state index contributed by atoms with van der Waals surface area (Å²) in [5.41, 5.74) is 1.17. The highest BCUT2D eigenvalue weighted by Gasteiger charge is 2.20. The van der Waals surface area contributed by atoms with E-state index in [4.69, 9.17) is 4.74 Å². The largest absolute Gasteiger partial charge is 0.496 e. The van der Waals surface area contributed by atoms with Gasteiger partial charge in [-0.2, -0.15) is 5.10 Å². The van der Waals surface area contributed by atoms with Crippen LogP contribution in [0.15, 0.2) is 23.8 Å². The molecule has 98 valence electrons. The van der Waals surface area contributed by atoms with Gasteiger partial charge in [0, 0.05) is 18.8 Å². The molecule has 5 heteroatoms. The lowest BCUT2D eigenvalue weighted by molar-refractivity contribution is 0.407. The predicted molar refractivity (Wildman–Crippen MR) is 74.2 cm³/mol. The first-order valence-electron chi connectivity index (χ1n) is 6.09. The topological polar surface area (TPSA) is 39.1 Å². The van der Waals surface area contributed by atoms with Gasteiger partial charge in [0.2, 0.25) is 0 Å². The van der Waals surface area contributed by atoms with Gasteiger partial charge in [0.05, 0.1) is 24.2 Å². The number of aryl methyl sites for hydroxylation is 1. The third-order valence-corrected chi connectivity index (χ3v) is 3.76. The maximum Gasteiger partial charge on any atom is 0.134 e. The van der Waals surface area contributed by atoms with Crippen LogP contribution in [0.1, 0.15) is 29.8 Å². The van der Waals surface area contributed by atoms with E-state index in [2.05, 4.69) is 22.7 Å². The van der Waals surface area contributed by atoms with E-state index in [1.807, 2.05) is 30.2 Å². The molecule has 2 heterocycles. The Kier molecular flexibility index (Phi) is 4.38. The van der Waals surface area contributed by atoms with Crippen molar-refractivity contribution >= 4 is 11.3 Å². The minimum Gasteiger partial charge on any atom is -0.496 e. The molecule has 0 aliphatic heterocycles. The van der Waals surface area contributed by atoms with Crippen molar-refractivity contribution in [1.29, 1.82) is 0 Å². The molecule has 2 aromatic rings. The molecule has 0 bridgehead atoms. The molecule has 4 nitrogen and oxygen atoms in total. The van der Waals surface area contributed by atoms with Gasteiger partial charge in [-0.1, -0.05) is 6.92 Å². The molecule has 0 amide bonds. The van der Waals surface area contributed by atoms with Crippen molar-refractivity contribution in [3.8, 4) is 5.75 Å². The highest BCUT2D eigenvalue weighted by molar-refractivity contribution is 7.10. The van der Waals surface area contributed by atoms with Crippen LogP contribution in [0.5, 0.6) is 5.75 Å². The number of thiophene rings is 1. The number of rotatable bonds is 6. The van der Waals surface area contributed by atoms with Crippen LogP contribution in [-0.2, 0) is 7.05 Å². The monoisotopic (exact) mass is 265 g/mol. The van der Waals surface area contributed by atoms with Crippen LogP contribution in [0.4, 0.5) is 0 Å². The summed E-state index contributed by atoms with van der Waals surface area (Å²) in [5.74, 6) is 0.942. The van der Waals surface area contributed by atoms with Crippen LogP contribution in [0.3, 0.4) is 0 Å². The molecular formula is C13H19N3OS. The molecule has 1 atom stereocenters. The Labute approximate surface area is 112 Å². The van der Waals surface area contributed by atoms with Gasteiger partial charge in [-0.3, -0.25) is 4.68 Å². The van der Waals surface area contributed by atoms with E-state index in [1.165, 1.54) is 10.4 Å². The molecule has 0 aromatic carbocycles. The summed E-state index contributed by atoms with van der Waals surface area (Å²) >= 11 is 1.71. The molecule has 1 N–H and O–H groups in total. The van der Waals surface area contributed by atoms with Crippen LogP contribution in [0, 0.1) is 0 Å². The van der Waals surface area contributed by atoms with Crippen LogP contribution in [0.2, 0.25) is 0 Å². The van der Waals surface area contributed by atoms with Crippen molar-refractivity contribution in [2.24, 2.45) is 7.05 Å². The predicted octanol–water partition coefficient (Wildman–Crippen LogP) is 2.58. The average molecular weight is 265 g/mol. The summed E-state index contributed by atoms with van der Waals surface area (Å²) in [5, 5.41) is 9.87. The first kappa shape index (κ1) is 13.1. The number of nitrogens with one attached hydrogen (secondary N) is 1. The summed E-state index contributed by atoms with van der Waals surface area (Å²) in [4.78, 5) is 1.21.